The Bertz CT molecular complexity index is 558. The van der Waals surface area contributed by atoms with E-state index in [2.05, 4.69) is 44.8 Å². The first kappa shape index (κ1) is 15.5. The molecule has 1 aromatic heterocycles. The predicted molar refractivity (Wildman–Crippen MR) is 86.2 cm³/mol. The Balaban J connectivity index is 1.89. The molecule has 2 N–H and O–H groups in total. The van der Waals surface area contributed by atoms with Gasteiger partial charge in [-0.25, -0.2) is 0 Å². The standard InChI is InChI=1S/C14H19ClN6/c1-21(2)9-3-8-16-13-10-17-20-14(19-13)18-12-6-4-11(15)5-7-12/h4-7,10H,3,8-9H2,1-2H3,(H2,16,18,19,20). The van der Waals surface area contributed by atoms with Crippen LogP contribution in [0, 0.1) is 0 Å². The molecule has 2 aromatic rings. The normalized spacial score (nSPS) is 10.7. The van der Waals surface area contributed by atoms with E-state index in [1.165, 1.54) is 0 Å². The van der Waals surface area contributed by atoms with Gasteiger partial charge >= 0.3 is 0 Å². The summed E-state index contributed by atoms with van der Waals surface area (Å²) < 4.78 is 0. The van der Waals surface area contributed by atoms with Crippen LogP contribution >= 0.6 is 11.6 Å². The van der Waals surface area contributed by atoms with Crippen molar-refractivity contribution < 1.29 is 0 Å². The lowest BCUT2D eigenvalue weighted by molar-refractivity contribution is 0.405. The third kappa shape index (κ3) is 5.53. The molecule has 0 fully saturated rings. The molecular formula is C14H19ClN6. The number of aromatic nitrogens is 3. The van der Waals surface area contributed by atoms with Crippen molar-refractivity contribution in [1.82, 2.24) is 20.1 Å². The summed E-state index contributed by atoms with van der Waals surface area (Å²) in [5.41, 5.74) is 0.867. The third-order valence-corrected chi connectivity index (χ3v) is 3.00. The van der Waals surface area contributed by atoms with E-state index in [1.807, 2.05) is 12.1 Å². The smallest absolute Gasteiger partial charge is 0.249 e. The minimum Gasteiger partial charge on any atom is -0.369 e. The average Bonchev–Trinajstić information content (AvgIpc) is 2.46. The van der Waals surface area contributed by atoms with Crippen molar-refractivity contribution in [1.29, 1.82) is 0 Å². The van der Waals surface area contributed by atoms with Crippen molar-refractivity contribution in [3.05, 3.63) is 35.5 Å². The third-order valence-electron chi connectivity index (χ3n) is 2.75. The molecule has 0 unspecified atom stereocenters. The topological polar surface area (TPSA) is 66.0 Å². The van der Waals surface area contributed by atoms with Gasteiger partial charge in [0.25, 0.3) is 0 Å². The summed E-state index contributed by atoms with van der Waals surface area (Å²) in [5.74, 6) is 1.16. The van der Waals surface area contributed by atoms with Crippen LogP contribution in [0.5, 0.6) is 0 Å². The van der Waals surface area contributed by atoms with Crippen LogP contribution in [0.1, 0.15) is 6.42 Å². The number of benzene rings is 1. The van der Waals surface area contributed by atoms with Gasteiger partial charge in [-0.1, -0.05) is 11.6 Å². The Kier molecular flexibility index (Phi) is 5.71. The van der Waals surface area contributed by atoms with Gasteiger partial charge in [0.15, 0.2) is 5.82 Å². The highest BCUT2D eigenvalue weighted by atomic mass is 35.5. The Morgan fingerprint density at radius 2 is 1.95 bits per heavy atom. The summed E-state index contributed by atoms with van der Waals surface area (Å²) in [6.07, 6.45) is 2.65. The summed E-state index contributed by atoms with van der Waals surface area (Å²) in [6, 6.07) is 7.34. The molecule has 1 aromatic carbocycles. The van der Waals surface area contributed by atoms with Crippen LogP contribution in [0.2, 0.25) is 5.02 Å². The van der Waals surface area contributed by atoms with Crippen molar-refractivity contribution in [2.75, 3.05) is 37.8 Å². The number of nitrogens with one attached hydrogen (secondary N) is 2. The van der Waals surface area contributed by atoms with E-state index in [0.717, 1.165) is 25.2 Å². The minimum atomic E-state index is 0.454. The molecule has 0 atom stereocenters. The highest BCUT2D eigenvalue weighted by Gasteiger charge is 2.01. The number of rotatable bonds is 7. The monoisotopic (exact) mass is 306 g/mol. The summed E-state index contributed by atoms with van der Waals surface area (Å²) in [5, 5.41) is 14.9. The lowest BCUT2D eigenvalue weighted by Gasteiger charge is -2.10. The second kappa shape index (κ2) is 7.75. The van der Waals surface area contributed by atoms with Crippen LogP contribution in [-0.4, -0.2) is 47.3 Å². The minimum absolute atomic E-state index is 0.454. The summed E-state index contributed by atoms with van der Waals surface area (Å²) in [7, 11) is 4.11. The molecule has 0 amide bonds. The van der Waals surface area contributed by atoms with E-state index in [4.69, 9.17) is 11.6 Å². The second-order valence-corrected chi connectivity index (χ2v) is 5.32. The van der Waals surface area contributed by atoms with Gasteiger partial charge in [-0.15, -0.1) is 5.10 Å². The molecule has 0 aliphatic rings. The summed E-state index contributed by atoms with van der Waals surface area (Å²) in [4.78, 5) is 6.51. The van der Waals surface area contributed by atoms with Crippen LogP contribution < -0.4 is 10.6 Å². The molecule has 7 heteroatoms. The fourth-order valence-electron chi connectivity index (χ4n) is 1.72. The largest absolute Gasteiger partial charge is 0.369 e. The zero-order chi connectivity index (χ0) is 15.1. The Morgan fingerprint density at radius 1 is 1.19 bits per heavy atom. The van der Waals surface area contributed by atoms with Crippen LogP contribution in [0.15, 0.2) is 30.5 Å². The van der Waals surface area contributed by atoms with Gasteiger partial charge in [0.05, 0.1) is 6.20 Å². The second-order valence-electron chi connectivity index (χ2n) is 4.88. The summed E-state index contributed by atoms with van der Waals surface area (Å²) >= 11 is 5.85. The van der Waals surface area contributed by atoms with Crippen molar-refractivity contribution in [3.63, 3.8) is 0 Å². The van der Waals surface area contributed by atoms with Crippen molar-refractivity contribution >= 4 is 29.1 Å². The van der Waals surface area contributed by atoms with Crippen LogP contribution in [-0.2, 0) is 0 Å². The molecule has 0 saturated carbocycles. The van der Waals surface area contributed by atoms with Gasteiger partial charge < -0.3 is 15.5 Å². The van der Waals surface area contributed by atoms with Crippen molar-refractivity contribution in [3.8, 4) is 0 Å². The van der Waals surface area contributed by atoms with E-state index in [1.54, 1.807) is 18.3 Å². The Labute approximate surface area is 129 Å². The molecule has 6 nitrogen and oxygen atoms in total. The van der Waals surface area contributed by atoms with Gasteiger partial charge in [-0.2, -0.15) is 10.1 Å². The first-order valence-electron chi connectivity index (χ1n) is 6.74. The van der Waals surface area contributed by atoms with Crippen LogP contribution in [0.4, 0.5) is 17.5 Å². The maximum Gasteiger partial charge on any atom is 0.249 e. The van der Waals surface area contributed by atoms with Crippen LogP contribution in [0.3, 0.4) is 0 Å². The molecule has 1 heterocycles. The lowest BCUT2D eigenvalue weighted by Crippen LogP contribution is -2.16. The molecule has 0 bridgehead atoms. The van der Waals surface area contributed by atoms with Gasteiger partial charge in [0.1, 0.15) is 0 Å². The molecule has 112 valence electrons. The number of anilines is 3. The molecule has 0 radical (unpaired) electrons. The summed E-state index contributed by atoms with van der Waals surface area (Å²) in [6.45, 7) is 1.87. The molecule has 0 spiro atoms. The molecule has 21 heavy (non-hydrogen) atoms. The predicted octanol–water partition coefficient (Wildman–Crippen LogP) is 2.63. The number of nitrogens with zero attached hydrogens (tertiary/aromatic N) is 4. The van der Waals surface area contributed by atoms with E-state index in [0.29, 0.717) is 16.8 Å². The average molecular weight is 307 g/mol. The number of halogens is 1. The number of hydrogen-bond acceptors (Lipinski definition) is 6. The van der Waals surface area contributed by atoms with Crippen molar-refractivity contribution in [2.24, 2.45) is 0 Å². The maximum atomic E-state index is 5.85. The van der Waals surface area contributed by atoms with E-state index >= 15 is 0 Å². The van der Waals surface area contributed by atoms with E-state index < -0.39 is 0 Å². The van der Waals surface area contributed by atoms with Crippen LogP contribution in [0.25, 0.3) is 0 Å². The molecular weight excluding hydrogens is 288 g/mol. The fourth-order valence-corrected chi connectivity index (χ4v) is 1.84. The van der Waals surface area contributed by atoms with Gasteiger partial charge in [0, 0.05) is 17.3 Å². The fraction of sp³-hybridized carbons (Fsp3) is 0.357. The highest BCUT2D eigenvalue weighted by Crippen LogP contribution is 2.16. The quantitative estimate of drug-likeness (QED) is 0.767. The number of hydrogen-bond donors (Lipinski definition) is 2. The van der Waals surface area contributed by atoms with E-state index in [9.17, 15) is 0 Å². The molecule has 2 rings (SSSR count). The zero-order valence-corrected chi connectivity index (χ0v) is 12.9. The van der Waals surface area contributed by atoms with Crippen molar-refractivity contribution in [2.45, 2.75) is 6.42 Å². The highest BCUT2D eigenvalue weighted by molar-refractivity contribution is 6.30. The Hall–Kier alpha value is -1.92. The zero-order valence-electron chi connectivity index (χ0n) is 12.2. The molecule has 0 aliphatic heterocycles. The SMILES string of the molecule is CN(C)CCCNc1cnnc(Nc2ccc(Cl)cc2)n1. The molecule has 0 saturated heterocycles. The first-order chi connectivity index (χ1) is 10.1. The van der Waals surface area contributed by atoms with Gasteiger partial charge in [-0.3, -0.25) is 0 Å². The van der Waals surface area contributed by atoms with E-state index in [-0.39, 0.29) is 0 Å². The Morgan fingerprint density at radius 3 is 2.67 bits per heavy atom. The molecule has 0 aliphatic carbocycles. The lowest BCUT2D eigenvalue weighted by atomic mass is 10.3. The van der Waals surface area contributed by atoms with Gasteiger partial charge in [0.2, 0.25) is 5.95 Å². The maximum absolute atomic E-state index is 5.85. The van der Waals surface area contributed by atoms with Gasteiger partial charge in [-0.05, 0) is 51.3 Å². The first-order valence-corrected chi connectivity index (χ1v) is 7.12.